The van der Waals surface area contributed by atoms with Crippen LogP contribution < -0.4 is 20.8 Å². The predicted molar refractivity (Wildman–Crippen MR) is 165 cm³/mol. The second kappa shape index (κ2) is 12.5. The van der Waals surface area contributed by atoms with Crippen molar-refractivity contribution in [2.45, 2.75) is 80.1 Å². The van der Waals surface area contributed by atoms with Crippen molar-refractivity contribution >= 4 is 41.2 Å². The molecule has 9 nitrogen and oxygen atoms in total. The van der Waals surface area contributed by atoms with Gasteiger partial charge in [-0.05, 0) is 80.9 Å². The second-order valence-electron chi connectivity index (χ2n) is 11.6. The molecule has 0 amide bonds. The van der Waals surface area contributed by atoms with Crippen LogP contribution in [0.5, 0.6) is 0 Å². The van der Waals surface area contributed by atoms with E-state index in [1.807, 2.05) is 52.8 Å². The summed E-state index contributed by atoms with van der Waals surface area (Å²) in [6.07, 6.45) is 9.06. The molecule has 1 aromatic heterocycles. The Morgan fingerprint density at radius 1 is 0.841 bits per heavy atom. The molecule has 8 bridgehead atoms. The molecule has 1 aromatic rings. The van der Waals surface area contributed by atoms with E-state index in [9.17, 15) is 24.9 Å². The molecule has 0 spiro atoms. The molecule has 4 aliphatic heterocycles. The molecule has 0 radical (unpaired) electrons. The van der Waals surface area contributed by atoms with Crippen LogP contribution in [0, 0.1) is 12.3 Å². The fourth-order valence-electron chi connectivity index (χ4n) is 6.06. The number of carboxylic acids is 2. The fourth-order valence-corrected chi connectivity index (χ4v) is 6.06. The molecule has 44 heavy (non-hydrogen) atoms. The van der Waals surface area contributed by atoms with Crippen LogP contribution in [0.15, 0.2) is 72.3 Å². The van der Waals surface area contributed by atoms with Crippen LogP contribution in [0.4, 0.5) is 0 Å². The predicted octanol–water partition coefficient (Wildman–Crippen LogP) is 3.57. The minimum absolute atomic E-state index is 0. The fraction of sp³-hybridized carbons (Fsp3) is 0.382. The van der Waals surface area contributed by atoms with Crippen molar-refractivity contribution < 1.29 is 42.0 Å². The summed E-state index contributed by atoms with van der Waals surface area (Å²) >= 11 is 0. The molecule has 5 heterocycles. The number of fused-ring (bicyclic) bond motifs is 5. The van der Waals surface area contributed by atoms with E-state index in [1.165, 1.54) is 0 Å². The quantitative estimate of drug-likeness (QED) is 0.417. The van der Waals surface area contributed by atoms with Crippen molar-refractivity contribution in [3.63, 3.8) is 0 Å². The number of carbonyl (C=O) groups is 2. The van der Waals surface area contributed by atoms with Crippen molar-refractivity contribution in [3.8, 4) is 0 Å². The molecular formula is C34H36FeN4O5. The summed E-state index contributed by atoms with van der Waals surface area (Å²) in [6, 6.07) is 0. The minimum atomic E-state index is -0.917. The van der Waals surface area contributed by atoms with E-state index in [1.54, 1.807) is 6.08 Å². The van der Waals surface area contributed by atoms with Gasteiger partial charge in [-0.3, -0.25) is 14.6 Å². The third-order valence-electron chi connectivity index (χ3n) is 9.03. The largest absolute Gasteiger partial charge is 2.00 e. The van der Waals surface area contributed by atoms with E-state index >= 15 is 0 Å². The van der Waals surface area contributed by atoms with Crippen molar-refractivity contribution in [1.82, 2.24) is 4.98 Å². The topological polar surface area (TPSA) is 149 Å². The van der Waals surface area contributed by atoms with E-state index in [0.29, 0.717) is 45.6 Å². The number of hydrogen-bond donors (Lipinski definition) is 2. The molecule has 0 unspecified atom stereocenters. The van der Waals surface area contributed by atoms with Gasteiger partial charge in [0, 0.05) is 18.3 Å². The Morgan fingerprint density at radius 2 is 1.41 bits per heavy atom. The van der Waals surface area contributed by atoms with Gasteiger partial charge in [-0.15, -0.1) is 10.7 Å². The first kappa shape index (κ1) is 32.9. The van der Waals surface area contributed by atoms with E-state index in [2.05, 4.69) is 6.92 Å². The van der Waals surface area contributed by atoms with Gasteiger partial charge in [-0.25, -0.2) is 9.98 Å². The van der Waals surface area contributed by atoms with Gasteiger partial charge in [0.1, 0.15) is 0 Å². The van der Waals surface area contributed by atoms with Crippen LogP contribution in [-0.4, -0.2) is 39.3 Å². The molecule has 230 valence electrons. The maximum absolute atomic E-state index is 13.8. The molecule has 0 aliphatic carbocycles. The first-order valence-corrected chi connectivity index (χ1v) is 14.7. The molecule has 2 N–H and O–H groups in total. The number of nitrogens with zero attached hydrogens (tertiary/aromatic N) is 4. The Labute approximate surface area is 267 Å². The summed E-state index contributed by atoms with van der Waals surface area (Å²) in [6.45, 7) is 11.7. The van der Waals surface area contributed by atoms with Gasteiger partial charge in [0.15, 0.2) is 0 Å². The van der Waals surface area contributed by atoms with Crippen molar-refractivity contribution in [2.75, 3.05) is 0 Å². The van der Waals surface area contributed by atoms with Crippen molar-refractivity contribution in [3.05, 3.63) is 79.1 Å². The maximum atomic E-state index is 13.8. The number of hydrogen-bond acceptors (Lipinski definition) is 6. The average molecular weight is 637 g/mol. The number of carboxylic acid groups (broad SMARTS) is 2. The first-order valence-electron chi connectivity index (χ1n) is 14.7. The van der Waals surface area contributed by atoms with Crippen molar-refractivity contribution in [1.29, 1.82) is 0 Å². The number of aliphatic carboxylic acids is 2. The summed E-state index contributed by atoms with van der Waals surface area (Å²) in [4.78, 5) is 42.7. The standard InChI is InChI=1S/C34H38N4O5.Fe/c1-7-20-17(3)24-14-29-33(43)34(6,8-2)30(38-29)16-25-19(5)22(10-12-32(41)42)28(37-25)15-27-21(9-11-31(39)40)18(4)23(36-27)13-26(20)35-24;/h13-16H,7-12H2,1-6H3,(H4,35,36,37,38,39,40,41,42,43);/q;+2/p-2/t34-;/m1./s1. The molecule has 5 rings (SSSR count). The molecule has 0 saturated carbocycles. The zero-order valence-electron chi connectivity index (χ0n) is 25.8. The summed E-state index contributed by atoms with van der Waals surface area (Å²) in [5.74, 6) is -1.89. The normalized spacial score (nSPS) is 20.8. The molecule has 4 aliphatic rings. The number of allylic oxidation sites excluding steroid dienone is 7. The van der Waals surface area contributed by atoms with Crippen LogP contribution in [0.3, 0.4) is 0 Å². The van der Waals surface area contributed by atoms with E-state index in [4.69, 9.17) is 20.0 Å². The zero-order valence-corrected chi connectivity index (χ0v) is 26.9. The monoisotopic (exact) mass is 636 g/mol. The van der Waals surface area contributed by atoms with Crippen LogP contribution >= 0.6 is 0 Å². The average Bonchev–Trinajstić information content (AvgIpc) is 3.59. The molecule has 0 aromatic carbocycles. The molecule has 1 atom stereocenters. The van der Waals surface area contributed by atoms with Gasteiger partial charge >= 0.3 is 29.0 Å². The molecule has 10 heteroatoms. The number of rotatable bonds is 8. The van der Waals surface area contributed by atoms with Gasteiger partial charge < -0.3 is 20.3 Å². The Balaban J connectivity index is 0.00000442. The van der Waals surface area contributed by atoms with Gasteiger partial charge in [-0.1, -0.05) is 49.8 Å². The van der Waals surface area contributed by atoms with Gasteiger partial charge in [0.25, 0.3) is 0 Å². The van der Waals surface area contributed by atoms with Gasteiger partial charge in [0.2, 0.25) is 0 Å². The molecule has 0 fully saturated rings. The Morgan fingerprint density at radius 3 is 2.02 bits per heavy atom. The third-order valence-corrected chi connectivity index (χ3v) is 9.03. The van der Waals surface area contributed by atoms with E-state index in [-0.39, 0.29) is 48.5 Å². The number of aromatic nitrogens is 1. The first-order chi connectivity index (χ1) is 20.4. The van der Waals surface area contributed by atoms with Crippen LogP contribution in [-0.2, 0) is 33.1 Å². The van der Waals surface area contributed by atoms with Crippen molar-refractivity contribution in [2.24, 2.45) is 20.4 Å². The SMILES string of the molecule is CCC1=C(C)C2=CC3=C([O-])[C@](C)(CC)C(=N3)C=C3N=C(C=c4[n-]c(c(C)c4CCC(=O)O)=CC1=N2)C(CCC(=O)O)=C3C.[Fe+2]. The van der Waals surface area contributed by atoms with Crippen LogP contribution in [0.25, 0.3) is 12.2 Å². The Kier molecular flexibility index (Phi) is 9.37. The third kappa shape index (κ3) is 5.76. The second-order valence-corrected chi connectivity index (χ2v) is 11.6. The molecule has 0 saturated heterocycles. The summed E-state index contributed by atoms with van der Waals surface area (Å²) in [7, 11) is 0. The van der Waals surface area contributed by atoms with Crippen LogP contribution in [0.1, 0.15) is 77.8 Å². The summed E-state index contributed by atoms with van der Waals surface area (Å²) in [5.41, 5.74) is 8.03. The minimum Gasteiger partial charge on any atom is -0.873 e. The van der Waals surface area contributed by atoms with E-state index in [0.717, 1.165) is 45.6 Å². The Hall–Kier alpha value is -4.01. The molecular weight excluding hydrogens is 600 g/mol. The number of aliphatic imine (C=N–C) groups is 3. The zero-order chi connectivity index (χ0) is 31.2. The van der Waals surface area contributed by atoms with Gasteiger partial charge in [0.05, 0.1) is 34.2 Å². The Bertz CT molecular complexity index is 1840. The maximum Gasteiger partial charge on any atom is 2.00 e. The van der Waals surface area contributed by atoms with Crippen LogP contribution in [0.2, 0.25) is 0 Å². The summed E-state index contributed by atoms with van der Waals surface area (Å²) < 4.78 is 0. The van der Waals surface area contributed by atoms with E-state index < -0.39 is 17.4 Å². The van der Waals surface area contributed by atoms with Gasteiger partial charge in [-0.2, -0.15) is 0 Å². The smallest absolute Gasteiger partial charge is 0.873 e. The summed E-state index contributed by atoms with van der Waals surface area (Å²) in [5, 5.41) is 34.0.